The lowest BCUT2D eigenvalue weighted by Gasteiger charge is -2.41. The summed E-state index contributed by atoms with van der Waals surface area (Å²) >= 11 is 0. The van der Waals surface area contributed by atoms with Crippen LogP contribution in [0.15, 0.2) is 54.6 Å². The first-order chi connectivity index (χ1) is 11.4. The van der Waals surface area contributed by atoms with Crippen molar-refractivity contribution in [3.8, 4) is 0 Å². The molecule has 0 unspecified atom stereocenters. The van der Waals surface area contributed by atoms with Crippen LogP contribution in [-0.2, 0) is 4.79 Å². The van der Waals surface area contributed by atoms with Crippen LogP contribution in [0, 0.1) is 5.41 Å². The summed E-state index contributed by atoms with van der Waals surface area (Å²) in [4.78, 5) is 15.3. The number of benzene rings is 2. The van der Waals surface area contributed by atoms with E-state index >= 15 is 0 Å². The maximum absolute atomic E-state index is 13.3. The number of rotatable bonds is 2. The average Bonchev–Trinajstić information content (AvgIpc) is 2.55. The van der Waals surface area contributed by atoms with E-state index in [9.17, 15) is 4.79 Å². The van der Waals surface area contributed by atoms with Gasteiger partial charge in [-0.15, -0.1) is 0 Å². The van der Waals surface area contributed by atoms with E-state index in [1.54, 1.807) is 0 Å². The maximum atomic E-state index is 13.3. The van der Waals surface area contributed by atoms with Gasteiger partial charge in [0.2, 0.25) is 5.91 Å². The Kier molecular flexibility index (Phi) is 4.35. The van der Waals surface area contributed by atoms with Gasteiger partial charge in [-0.3, -0.25) is 4.79 Å². The Morgan fingerprint density at radius 2 is 1.67 bits per heavy atom. The van der Waals surface area contributed by atoms with Crippen molar-refractivity contribution in [1.29, 1.82) is 0 Å². The minimum Gasteiger partial charge on any atom is -0.382 e. The second kappa shape index (κ2) is 6.31. The lowest BCUT2D eigenvalue weighted by Crippen LogP contribution is -2.45. The van der Waals surface area contributed by atoms with Crippen molar-refractivity contribution in [3.63, 3.8) is 0 Å². The van der Waals surface area contributed by atoms with E-state index < -0.39 is 5.41 Å². The molecule has 1 heterocycles. The van der Waals surface area contributed by atoms with Crippen molar-refractivity contribution in [2.24, 2.45) is 5.41 Å². The Labute approximate surface area is 144 Å². The normalized spacial score (nSPS) is 20.0. The van der Waals surface area contributed by atoms with Crippen molar-refractivity contribution in [1.82, 2.24) is 0 Å². The average molecular weight is 322 g/mol. The Morgan fingerprint density at radius 3 is 2.33 bits per heavy atom. The number of carbonyl (C=O) groups excluding carboxylic acids is 1. The molecule has 2 atom stereocenters. The van der Waals surface area contributed by atoms with Crippen LogP contribution in [0.5, 0.6) is 0 Å². The molecule has 1 aliphatic heterocycles. The van der Waals surface area contributed by atoms with E-state index in [-0.39, 0.29) is 11.9 Å². The summed E-state index contributed by atoms with van der Waals surface area (Å²) < 4.78 is 0. The molecule has 2 aromatic carbocycles. The van der Waals surface area contributed by atoms with Crippen LogP contribution in [0.2, 0.25) is 0 Å². The first-order valence-corrected chi connectivity index (χ1v) is 8.62. The highest BCUT2D eigenvalue weighted by Crippen LogP contribution is 2.40. The highest BCUT2D eigenvalue weighted by Gasteiger charge is 2.37. The number of amides is 1. The van der Waals surface area contributed by atoms with Gasteiger partial charge in [-0.2, -0.15) is 0 Å². The standard InChI is InChI=1S/C21H26N2O/c1-15-14-19(17-12-8-9-13-18(17)22-15)23(20(24)21(2,3)4)16-10-6-5-7-11-16/h5-13,15,19,22H,14H2,1-4H3/t15-,19+/m0/s1. The summed E-state index contributed by atoms with van der Waals surface area (Å²) in [5, 5.41) is 3.54. The number of carbonyl (C=O) groups is 1. The zero-order valence-corrected chi connectivity index (χ0v) is 14.9. The molecule has 1 amide bonds. The van der Waals surface area contributed by atoms with Gasteiger partial charge in [-0.05, 0) is 37.1 Å². The van der Waals surface area contributed by atoms with Crippen LogP contribution in [0.3, 0.4) is 0 Å². The lowest BCUT2D eigenvalue weighted by molar-refractivity contribution is -0.126. The quantitative estimate of drug-likeness (QED) is 0.843. The molecule has 0 saturated carbocycles. The van der Waals surface area contributed by atoms with Gasteiger partial charge >= 0.3 is 0 Å². The SMILES string of the molecule is C[C@H]1C[C@@H](N(C(=O)C(C)(C)C)c2ccccc2)c2ccccc2N1. The van der Waals surface area contributed by atoms with E-state index in [4.69, 9.17) is 0 Å². The number of nitrogens with one attached hydrogen (secondary N) is 1. The van der Waals surface area contributed by atoms with Crippen LogP contribution in [0.25, 0.3) is 0 Å². The number of hydrogen-bond acceptors (Lipinski definition) is 2. The summed E-state index contributed by atoms with van der Waals surface area (Å²) in [7, 11) is 0. The van der Waals surface area contributed by atoms with Gasteiger partial charge in [0.1, 0.15) is 0 Å². The molecule has 0 fully saturated rings. The molecule has 24 heavy (non-hydrogen) atoms. The Hall–Kier alpha value is -2.29. The minimum absolute atomic E-state index is 0.0478. The van der Waals surface area contributed by atoms with Crippen molar-refractivity contribution in [2.45, 2.75) is 46.2 Å². The molecule has 0 saturated heterocycles. The third-order valence-corrected chi connectivity index (χ3v) is 4.50. The van der Waals surface area contributed by atoms with Gasteiger partial charge in [-0.1, -0.05) is 57.2 Å². The van der Waals surface area contributed by atoms with Crippen molar-refractivity contribution in [3.05, 3.63) is 60.2 Å². The van der Waals surface area contributed by atoms with E-state index in [0.717, 1.165) is 17.8 Å². The van der Waals surface area contributed by atoms with Crippen molar-refractivity contribution >= 4 is 17.3 Å². The van der Waals surface area contributed by atoms with E-state index in [0.29, 0.717) is 6.04 Å². The molecular weight excluding hydrogens is 296 g/mol. The fraction of sp³-hybridized carbons (Fsp3) is 0.381. The predicted molar refractivity (Wildman–Crippen MR) is 100 cm³/mol. The fourth-order valence-electron chi connectivity index (χ4n) is 3.34. The Morgan fingerprint density at radius 1 is 1.04 bits per heavy atom. The number of para-hydroxylation sites is 2. The maximum Gasteiger partial charge on any atom is 0.232 e. The molecule has 126 valence electrons. The van der Waals surface area contributed by atoms with Gasteiger partial charge in [0.15, 0.2) is 0 Å². The van der Waals surface area contributed by atoms with Gasteiger partial charge < -0.3 is 10.2 Å². The number of anilines is 2. The number of hydrogen-bond donors (Lipinski definition) is 1. The van der Waals surface area contributed by atoms with Gasteiger partial charge in [0.25, 0.3) is 0 Å². The van der Waals surface area contributed by atoms with Crippen LogP contribution in [0.4, 0.5) is 11.4 Å². The van der Waals surface area contributed by atoms with Crippen LogP contribution in [0.1, 0.15) is 45.7 Å². The van der Waals surface area contributed by atoms with E-state index in [2.05, 4.69) is 24.4 Å². The summed E-state index contributed by atoms with van der Waals surface area (Å²) in [6.45, 7) is 8.14. The largest absolute Gasteiger partial charge is 0.382 e. The second-order valence-electron chi connectivity index (χ2n) is 7.64. The highest BCUT2D eigenvalue weighted by molar-refractivity contribution is 5.98. The summed E-state index contributed by atoms with van der Waals surface area (Å²) in [5.41, 5.74) is 2.85. The molecule has 1 N–H and O–H groups in total. The first-order valence-electron chi connectivity index (χ1n) is 8.62. The van der Waals surface area contributed by atoms with Crippen LogP contribution < -0.4 is 10.2 Å². The highest BCUT2D eigenvalue weighted by atomic mass is 16.2. The van der Waals surface area contributed by atoms with Gasteiger partial charge in [-0.25, -0.2) is 0 Å². The Balaban J connectivity index is 2.11. The molecule has 3 rings (SSSR count). The minimum atomic E-state index is -0.432. The molecule has 0 spiro atoms. The Bertz CT molecular complexity index is 718. The molecule has 3 nitrogen and oxygen atoms in total. The molecule has 3 heteroatoms. The lowest BCUT2D eigenvalue weighted by atomic mass is 9.88. The van der Waals surface area contributed by atoms with Crippen molar-refractivity contribution < 1.29 is 4.79 Å². The smallest absolute Gasteiger partial charge is 0.232 e. The molecule has 0 aromatic heterocycles. The fourth-order valence-corrected chi connectivity index (χ4v) is 3.34. The third-order valence-electron chi connectivity index (χ3n) is 4.50. The molecule has 0 radical (unpaired) electrons. The van der Waals surface area contributed by atoms with E-state index in [1.165, 1.54) is 5.56 Å². The van der Waals surface area contributed by atoms with E-state index in [1.807, 2.05) is 68.1 Å². The summed E-state index contributed by atoms with van der Waals surface area (Å²) in [6, 6.07) is 18.7. The number of nitrogens with zero attached hydrogens (tertiary/aromatic N) is 1. The van der Waals surface area contributed by atoms with Crippen LogP contribution in [-0.4, -0.2) is 11.9 Å². The molecule has 2 aromatic rings. The summed E-state index contributed by atoms with van der Waals surface area (Å²) in [5.74, 6) is 0.155. The van der Waals surface area contributed by atoms with Crippen molar-refractivity contribution in [2.75, 3.05) is 10.2 Å². The zero-order chi connectivity index (χ0) is 17.3. The number of fused-ring (bicyclic) bond motifs is 1. The molecule has 1 aliphatic rings. The zero-order valence-electron chi connectivity index (χ0n) is 14.9. The topological polar surface area (TPSA) is 32.3 Å². The molecule has 0 aliphatic carbocycles. The first kappa shape index (κ1) is 16.6. The summed E-state index contributed by atoms with van der Waals surface area (Å²) in [6.07, 6.45) is 0.897. The second-order valence-corrected chi connectivity index (χ2v) is 7.64. The predicted octanol–water partition coefficient (Wildman–Crippen LogP) is 5.01. The molecular formula is C21H26N2O. The third kappa shape index (κ3) is 3.16. The monoisotopic (exact) mass is 322 g/mol. The van der Waals surface area contributed by atoms with Gasteiger partial charge in [0.05, 0.1) is 6.04 Å². The molecule has 0 bridgehead atoms. The van der Waals surface area contributed by atoms with Crippen LogP contribution >= 0.6 is 0 Å². The van der Waals surface area contributed by atoms with Gasteiger partial charge in [0, 0.05) is 22.8 Å².